The molecule has 1 amide bonds. The van der Waals surface area contributed by atoms with Crippen molar-refractivity contribution >= 4 is 5.91 Å². The zero-order chi connectivity index (χ0) is 11.8. The molecule has 1 N–H and O–H groups in total. The fourth-order valence-corrected chi connectivity index (χ4v) is 1.29. The van der Waals surface area contributed by atoms with Crippen molar-refractivity contribution in [2.75, 3.05) is 0 Å². The van der Waals surface area contributed by atoms with Gasteiger partial charge in [0, 0.05) is 4.91 Å². The summed E-state index contributed by atoms with van der Waals surface area (Å²) in [6.45, 7) is 1.85. The number of nitrogens with zero attached hydrogens (tertiary/aromatic N) is 3. The highest BCUT2D eigenvalue weighted by molar-refractivity contribution is 5.78. The molecule has 0 aliphatic rings. The van der Waals surface area contributed by atoms with Crippen LogP contribution in [0.4, 0.5) is 0 Å². The number of carbonyl (C=O) groups is 1. The first-order valence-electron chi connectivity index (χ1n) is 5.13. The van der Waals surface area contributed by atoms with Crippen LogP contribution in [0.2, 0.25) is 0 Å². The molecule has 0 heterocycles. The number of hydrogen-bond donors (Lipinski definition) is 1. The lowest BCUT2D eigenvalue weighted by atomic mass is 10.1. The highest BCUT2D eigenvalue weighted by Gasteiger charge is 2.08. The number of azide groups is 1. The molecule has 0 spiro atoms. The van der Waals surface area contributed by atoms with Crippen LogP contribution in [0, 0.1) is 0 Å². The Bertz CT molecular complexity index is 384. The number of rotatable bonds is 5. The lowest BCUT2D eigenvalue weighted by Gasteiger charge is -2.10. The predicted octanol–water partition coefficient (Wildman–Crippen LogP) is 2.39. The molecule has 0 saturated heterocycles. The van der Waals surface area contributed by atoms with Gasteiger partial charge in [0.15, 0.2) is 0 Å². The van der Waals surface area contributed by atoms with Crippen molar-refractivity contribution in [3.8, 4) is 0 Å². The normalized spacial score (nSPS) is 11.3. The van der Waals surface area contributed by atoms with Gasteiger partial charge in [-0.2, -0.15) is 0 Å². The zero-order valence-corrected chi connectivity index (χ0v) is 9.13. The number of carbonyl (C=O) groups excluding carboxylic acids is 1. The summed E-state index contributed by atoms with van der Waals surface area (Å²) in [4.78, 5) is 14.2. The Morgan fingerprint density at radius 3 is 2.75 bits per heavy atom. The number of nitrogens with one attached hydrogen (secondary N) is 1. The van der Waals surface area contributed by atoms with Crippen molar-refractivity contribution in [2.45, 2.75) is 25.9 Å². The number of benzene rings is 1. The van der Waals surface area contributed by atoms with Gasteiger partial charge in [-0.3, -0.25) is 4.79 Å². The van der Waals surface area contributed by atoms with Gasteiger partial charge in [0.05, 0.1) is 6.42 Å². The van der Waals surface area contributed by atoms with Crippen LogP contribution in [0.15, 0.2) is 35.4 Å². The minimum absolute atomic E-state index is 0.134. The summed E-state index contributed by atoms with van der Waals surface area (Å²) in [5.74, 6) is -0.134. The second-order valence-corrected chi connectivity index (χ2v) is 3.36. The molecule has 1 unspecified atom stereocenters. The van der Waals surface area contributed by atoms with Crippen LogP contribution in [0.1, 0.15) is 18.9 Å². The fourth-order valence-electron chi connectivity index (χ4n) is 1.29. The van der Waals surface area contributed by atoms with E-state index >= 15 is 0 Å². The summed E-state index contributed by atoms with van der Waals surface area (Å²) in [6.07, 6.45) is 0.435. The monoisotopic (exact) mass is 218 g/mol. The number of amides is 1. The Labute approximate surface area is 94.1 Å². The van der Waals surface area contributed by atoms with E-state index in [0.717, 1.165) is 5.56 Å². The Morgan fingerprint density at radius 2 is 2.19 bits per heavy atom. The van der Waals surface area contributed by atoms with Crippen molar-refractivity contribution in [3.63, 3.8) is 0 Å². The first-order chi connectivity index (χ1) is 7.76. The van der Waals surface area contributed by atoms with E-state index in [0.29, 0.717) is 12.8 Å². The third kappa shape index (κ3) is 4.02. The number of hydrogen-bond acceptors (Lipinski definition) is 2. The summed E-state index contributed by atoms with van der Waals surface area (Å²) < 4.78 is 0. The molecule has 0 aromatic heterocycles. The van der Waals surface area contributed by atoms with E-state index < -0.39 is 6.17 Å². The Balaban J connectivity index is 2.50. The molecule has 1 aromatic carbocycles. The minimum atomic E-state index is -0.457. The summed E-state index contributed by atoms with van der Waals surface area (Å²) >= 11 is 0. The van der Waals surface area contributed by atoms with Gasteiger partial charge < -0.3 is 5.32 Å². The molecule has 1 atom stereocenters. The van der Waals surface area contributed by atoms with Crippen LogP contribution in [0.3, 0.4) is 0 Å². The Morgan fingerprint density at radius 1 is 1.50 bits per heavy atom. The lowest BCUT2D eigenvalue weighted by Crippen LogP contribution is -2.33. The molecule has 84 valence electrons. The molecule has 1 rings (SSSR count). The summed E-state index contributed by atoms with van der Waals surface area (Å²) in [6, 6.07) is 9.43. The smallest absolute Gasteiger partial charge is 0.224 e. The largest absolute Gasteiger partial charge is 0.347 e. The van der Waals surface area contributed by atoms with Crippen molar-refractivity contribution < 1.29 is 4.79 Å². The van der Waals surface area contributed by atoms with Gasteiger partial charge in [-0.15, -0.1) is 0 Å². The first kappa shape index (κ1) is 12.1. The van der Waals surface area contributed by atoms with Crippen molar-refractivity contribution in [2.24, 2.45) is 5.11 Å². The van der Waals surface area contributed by atoms with Gasteiger partial charge in [0.1, 0.15) is 6.17 Å². The second-order valence-electron chi connectivity index (χ2n) is 3.36. The first-order valence-corrected chi connectivity index (χ1v) is 5.13. The molecule has 0 fully saturated rings. The standard InChI is InChI=1S/C11H14N4O/c1-2-10(14-15-12)13-11(16)8-9-6-4-3-5-7-9/h3-7,10H,2,8H2,1H3,(H,13,16). The molecule has 0 aliphatic carbocycles. The Kier molecular flexibility index (Phi) is 4.89. The molecular weight excluding hydrogens is 204 g/mol. The molecular formula is C11H14N4O. The van der Waals surface area contributed by atoms with E-state index in [-0.39, 0.29) is 5.91 Å². The van der Waals surface area contributed by atoms with Gasteiger partial charge in [-0.1, -0.05) is 42.4 Å². The molecule has 1 aromatic rings. The Hall–Kier alpha value is -2.00. The average Bonchev–Trinajstić information content (AvgIpc) is 2.29. The van der Waals surface area contributed by atoms with Crippen LogP contribution in [-0.4, -0.2) is 12.1 Å². The van der Waals surface area contributed by atoms with Gasteiger partial charge in [-0.25, -0.2) is 0 Å². The quantitative estimate of drug-likeness (QED) is 0.459. The van der Waals surface area contributed by atoms with Crippen molar-refractivity contribution in [1.82, 2.24) is 5.32 Å². The van der Waals surface area contributed by atoms with E-state index in [9.17, 15) is 4.79 Å². The summed E-state index contributed by atoms with van der Waals surface area (Å²) in [5.41, 5.74) is 9.22. The summed E-state index contributed by atoms with van der Waals surface area (Å²) in [5, 5.41) is 6.13. The SMILES string of the molecule is CCC(N=[N+]=[N-])NC(=O)Cc1ccccc1. The highest BCUT2D eigenvalue weighted by Crippen LogP contribution is 2.00. The van der Waals surface area contributed by atoms with Crippen LogP contribution >= 0.6 is 0 Å². The fraction of sp³-hybridized carbons (Fsp3) is 0.364. The lowest BCUT2D eigenvalue weighted by molar-refractivity contribution is -0.121. The van der Waals surface area contributed by atoms with Gasteiger partial charge in [-0.05, 0) is 17.5 Å². The molecule has 0 aliphatic heterocycles. The van der Waals surface area contributed by atoms with E-state index in [1.54, 1.807) is 0 Å². The van der Waals surface area contributed by atoms with E-state index in [2.05, 4.69) is 15.3 Å². The van der Waals surface area contributed by atoms with Gasteiger partial charge >= 0.3 is 0 Å². The summed E-state index contributed by atoms with van der Waals surface area (Å²) in [7, 11) is 0. The third-order valence-corrected chi connectivity index (χ3v) is 2.11. The minimum Gasteiger partial charge on any atom is -0.347 e. The maximum Gasteiger partial charge on any atom is 0.224 e. The maximum absolute atomic E-state index is 11.6. The highest BCUT2D eigenvalue weighted by atomic mass is 16.1. The maximum atomic E-state index is 11.6. The van der Waals surface area contributed by atoms with Crippen molar-refractivity contribution in [3.05, 3.63) is 46.3 Å². The molecule has 5 nitrogen and oxygen atoms in total. The van der Waals surface area contributed by atoms with Crippen LogP contribution in [0.25, 0.3) is 10.4 Å². The molecule has 16 heavy (non-hydrogen) atoms. The van der Waals surface area contributed by atoms with E-state index in [4.69, 9.17) is 5.53 Å². The molecule has 0 saturated carbocycles. The van der Waals surface area contributed by atoms with E-state index in [1.165, 1.54) is 0 Å². The zero-order valence-electron chi connectivity index (χ0n) is 9.13. The third-order valence-electron chi connectivity index (χ3n) is 2.11. The van der Waals surface area contributed by atoms with Crippen molar-refractivity contribution in [1.29, 1.82) is 0 Å². The van der Waals surface area contributed by atoms with Crippen LogP contribution in [-0.2, 0) is 11.2 Å². The topological polar surface area (TPSA) is 77.9 Å². The van der Waals surface area contributed by atoms with Crippen LogP contribution < -0.4 is 5.32 Å². The molecule has 0 bridgehead atoms. The average molecular weight is 218 g/mol. The second kappa shape index (κ2) is 6.48. The van der Waals surface area contributed by atoms with Gasteiger partial charge in [0.25, 0.3) is 0 Å². The van der Waals surface area contributed by atoms with Gasteiger partial charge in [0.2, 0.25) is 5.91 Å². The van der Waals surface area contributed by atoms with E-state index in [1.807, 2.05) is 37.3 Å². The molecule has 5 heteroatoms. The van der Waals surface area contributed by atoms with Crippen LogP contribution in [0.5, 0.6) is 0 Å². The predicted molar refractivity (Wildman–Crippen MR) is 61.5 cm³/mol. The molecule has 0 radical (unpaired) electrons.